The Morgan fingerprint density at radius 3 is 2.43 bits per heavy atom. The molecule has 1 rings (SSSR count). The third-order valence-electron chi connectivity index (χ3n) is 2.17. The van der Waals surface area contributed by atoms with Crippen LogP contribution in [-0.2, 0) is 12.1 Å². The van der Waals surface area contributed by atoms with Crippen LogP contribution in [0.4, 0.5) is 4.39 Å². The van der Waals surface area contributed by atoms with Gasteiger partial charge < -0.3 is 5.11 Å². The highest BCUT2D eigenvalue weighted by atomic mass is 19.1. The van der Waals surface area contributed by atoms with Crippen molar-refractivity contribution < 1.29 is 9.50 Å². The first-order valence-corrected chi connectivity index (χ1v) is 4.86. The van der Waals surface area contributed by atoms with Crippen LogP contribution in [-0.4, -0.2) is 11.2 Å². The lowest BCUT2D eigenvalue weighted by Crippen LogP contribution is -2.15. The van der Waals surface area contributed by atoms with E-state index in [4.69, 9.17) is 0 Å². The number of benzene rings is 1. The van der Waals surface area contributed by atoms with E-state index >= 15 is 0 Å². The number of halogens is 1. The summed E-state index contributed by atoms with van der Waals surface area (Å²) in [6, 6.07) is 7.33. The van der Waals surface area contributed by atoms with E-state index in [1.54, 1.807) is 13.0 Å². The molecule has 0 bridgehead atoms. The fourth-order valence-electron chi connectivity index (χ4n) is 1.60. The Hall–Kier alpha value is -0.890. The van der Waals surface area contributed by atoms with E-state index in [1.165, 1.54) is 13.8 Å². The molecule has 0 saturated carbocycles. The highest BCUT2D eigenvalue weighted by Crippen LogP contribution is 2.28. The third kappa shape index (κ3) is 2.81. The lowest BCUT2D eigenvalue weighted by molar-refractivity contribution is 0.189. The van der Waals surface area contributed by atoms with E-state index in [2.05, 4.69) is 0 Å². The molecule has 1 N–H and O–H groups in total. The van der Waals surface area contributed by atoms with Crippen LogP contribution in [0.1, 0.15) is 31.9 Å². The third-order valence-corrected chi connectivity index (χ3v) is 2.17. The molecule has 0 amide bonds. The van der Waals surface area contributed by atoms with Gasteiger partial charge in [0, 0.05) is 0 Å². The zero-order chi connectivity index (χ0) is 10.8. The highest BCUT2D eigenvalue weighted by Gasteiger charge is 2.22. The molecule has 1 aromatic rings. The second-order valence-corrected chi connectivity index (χ2v) is 4.18. The van der Waals surface area contributed by atoms with Crippen molar-refractivity contribution >= 4 is 0 Å². The molecule has 0 aliphatic rings. The summed E-state index contributed by atoms with van der Waals surface area (Å²) in [4.78, 5) is 0. The van der Waals surface area contributed by atoms with Gasteiger partial charge in [0.05, 0.1) is 6.10 Å². The molecule has 0 spiro atoms. The molecule has 1 nitrogen and oxygen atoms in total. The Balaban J connectivity index is 3.04. The maximum absolute atomic E-state index is 13.8. The first kappa shape index (κ1) is 11.2. The summed E-state index contributed by atoms with van der Waals surface area (Å²) < 4.78 is 13.8. The van der Waals surface area contributed by atoms with Crippen molar-refractivity contribution in [3.05, 3.63) is 35.4 Å². The van der Waals surface area contributed by atoms with Crippen LogP contribution in [0.2, 0.25) is 0 Å². The second-order valence-electron chi connectivity index (χ2n) is 4.18. The number of hydrogen-bond acceptors (Lipinski definition) is 1. The molecule has 0 aromatic heterocycles. The van der Waals surface area contributed by atoms with E-state index in [0.717, 1.165) is 5.56 Å². The Bertz CT molecular complexity index is 299. The van der Waals surface area contributed by atoms with Gasteiger partial charge in [0.15, 0.2) is 0 Å². The molecule has 78 valence electrons. The predicted octanol–water partition coefficient (Wildman–Crippen LogP) is 2.81. The molecule has 14 heavy (non-hydrogen) atoms. The van der Waals surface area contributed by atoms with Crippen molar-refractivity contribution in [1.29, 1.82) is 0 Å². The van der Waals surface area contributed by atoms with Crippen LogP contribution in [0.25, 0.3) is 0 Å². The minimum atomic E-state index is -1.34. The number of alkyl halides is 1. The molecule has 1 aromatic carbocycles. The van der Waals surface area contributed by atoms with E-state index < -0.39 is 11.8 Å². The van der Waals surface area contributed by atoms with Crippen LogP contribution >= 0.6 is 0 Å². The Labute approximate surface area is 84.6 Å². The maximum Gasteiger partial charge on any atom is 0.130 e. The average Bonchev–Trinajstić information content (AvgIpc) is 2.01. The van der Waals surface area contributed by atoms with Crippen LogP contribution in [0.5, 0.6) is 0 Å². The summed E-state index contributed by atoms with van der Waals surface area (Å²) in [5.74, 6) is 0. The molecule has 0 fully saturated rings. The van der Waals surface area contributed by atoms with Gasteiger partial charge in [0.1, 0.15) is 5.67 Å². The number of aliphatic hydroxyl groups is 1. The van der Waals surface area contributed by atoms with Gasteiger partial charge in [0.25, 0.3) is 0 Å². The van der Waals surface area contributed by atoms with E-state index in [0.29, 0.717) is 12.0 Å². The van der Waals surface area contributed by atoms with Gasteiger partial charge >= 0.3 is 0 Å². The number of aliphatic hydroxyl groups excluding tert-OH is 1. The van der Waals surface area contributed by atoms with Crippen LogP contribution in [0, 0.1) is 0 Å². The van der Waals surface area contributed by atoms with Gasteiger partial charge in [-0.3, -0.25) is 0 Å². The highest BCUT2D eigenvalue weighted by molar-refractivity contribution is 5.31. The smallest absolute Gasteiger partial charge is 0.130 e. The molecule has 1 atom stereocenters. The molecule has 0 aliphatic heterocycles. The summed E-state index contributed by atoms with van der Waals surface area (Å²) in [7, 11) is 0. The molecule has 0 aliphatic carbocycles. The van der Waals surface area contributed by atoms with Gasteiger partial charge in [-0.2, -0.15) is 0 Å². The largest absolute Gasteiger partial charge is 0.393 e. The Morgan fingerprint density at radius 2 is 1.93 bits per heavy atom. The van der Waals surface area contributed by atoms with Crippen molar-refractivity contribution in [3.8, 4) is 0 Å². The zero-order valence-corrected chi connectivity index (χ0v) is 8.92. The summed E-state index contributed by atoms with van der Waals surface area (Å²) in [5, 5.41) is 9.27. The number of hydrogen-bond donors (Lipinski definition) is 1. The topological polar surface area (TPSA) is 20.2 Å². The monoisotopic (exact) mass is 196 g/mol. The van der Waals surface area contributed by atoms with Crippen LogP contribution in [0.3, 0.4) is 0 Å². The lowest BCUT2D eigenvalue weighted by atomic mass is 9.92. The first-order valence-electron chi connectivity index (χ1n) is 4.86. The van der Waals surface area contributed by atoms with Gasteiger partial charge in [0.2, 0.25) is 0 Å². The van der Waals surface area contributed by atoms with Gasteiger partial charge in [-0.25, -0.2) is 4.39 Å². The lowest BCUT2D eigenvalue weighted by Gasteiger charge is -2.19. The van der Waals surface area contributed by atoms with E-state index in [9.17, 15) is 9.50 Å². The van der Waals surface area contributed by atoms with Gasteiger partial charge in [-0.05, 0) is 38.3 Å². The first-order chi connectivity index (χ1) is 6.41. The molecule has 0 radical (unpaired) electrons. The SMILES string of the molecule is CC(O)Cc1ccccc1C(C)(C)F. The number of rotatable bonds is 3. The van der Waals surface area contributed by atoms with Crippen molar-refractivity contribution in [3.63, 3.8) is 0 Å². The summed E-state index contributed by atoms with van der Waals surface area (Å²) >= 11 is 0. The Kier molecular flexibility index (Phi) is 3.27. The van der Waals surface area contributed by atoms with Crippen LogP contribution < -0.4 is 0 Å². The van der Waals surface area contributed by atoms with Gasteiger partial charge in [-0.15, -0.1) is 0 Å². The molecule has 2 heteroatoms. The summed E-state index contributed by atoms with van der Waals surface area (Å²) in [6.07, 6.45) is 0.0716. The molecule has 0 heterocycles. The van der Waals surface area contributed by atoms with E-state index in [-0.39, 0.29) is 0 Å². The molecule has 0 saturated heterocycles. The molecule has 1 unspecified atom stereocenters. The minimum Gasteiger partial charge on any atom is -0.393 e. The summed E-state index contributed by atoms with van der Waals surface area (Å²) in [5.41, 5.74) is 0.210. The second kappa shape index (κ2) is 4.09. The normalized spacial score (nSPS) is 14.1. The van der Waals surface area contributed by atoms with Gasteiger partial charge in [-0.1, -0.05) is 24.3 Å². The minimum absolute atomic E-state index is 0.432. The van der Waals surface area contributed by atoms with Crippen molar-refractivity contribution in [2.24, 2.45) is 0 Å². The maximum atomic E-state index is 13.8. The van der Waals surface area contributed by atoms with Crippen molar-refractivity contribution in [2.75, 3.05) is 0 Å². The molecular weight excluding hydrogens is 179 g/mol. The molecular formula is C12H17FO. The summed E-state index contributed by atoms with van der Waals surface area (Å²) in [6.45, 7) is 4.78. The standard InChI is InChI=1S/C12H17FO/c1-9(14)8-10-6-4-5-7-11(10)12(2,3)13/h4-7,9,14H,8H2,1-3H3. The zero-order valence-electron chi connectivity index (χ0n) is 8.92. The average molecular weight is 196 g/mol. The fourth-order valence-corrected chi connectivity index (χ4v) is 1.60. The quantitative estimate of drug-likeness (QED) is 0.788. The Morgan fingerprint density at radius 1 is 1.36 bits per heavy atom. The van der Waals surface area contributed by atoms with Crippen molar-refractivity contribution in [1.82, 2.24) is 0 Å². The van der Waals surface area contributed by atoms with Crippen LogP contribution in [0.15, 0.2) is 24.3 Å². The predicted molar refractivity (Wildman–Crippen MR) is 56.0 cm³/mol. The van der Waals surface area contributed by atoms with Crippen molar-refractivity contribution in [2.45, 2.75) is 39.0 Å². The fraction of sp³-hybridized carbons (Fsp3) is 0.500. The van der Waals surface area contributed by atoms with E-state index in [1.807, 2.05) is 18.2 Å².